The Morgan fingerprint density at radius 1 is 1.30 bits per heavy atom. The van der Waals surface area contributed by atoms with Gasteiger partial charge in [0.25, 0.3) is 0 Å². The van der Waals surface area contributed by atoms with Gasteiger partial charge < -0.3 is 14.7 Å². The number of hydrogen-bond donors (Lipinski definition) is 2. The summed E-state index contributed by atoms with van der Waals surface area (Å²) in [5.41, 5.74) is -0.539. The number of nitrogens with zero attached hydrogens (tertiary/aromatic N) is 2. The highest BCUT2D eigenvalue weighted by atomic mass is 32.2. The third-order valence-electron chi connectivity index (χ3n) is 3.75. The average Bonchev–Trinajstić information content (AvgIpc) is 2.59. The summed E-state index contributed by atoms with van der Waals surface area (Å²) in [6.07, 6.45) is 3.34. The number of aromatic nitrogens is 1. The standard InChI is InChI=1S/C20H29N3O3S/c1-15(24)8-11-23(19(25)26-20(2,3)4)12-10-22-27-18-6-5-17-14-21-9-7-16(17)13-18/h5-7,9,13-15,22,24H,8,10-12H2,1-4H3/t15-/m0/s1. The first-order chi connectivity index (χ1) is 12.7. The van der Waals surface area contributed by atoms with E-state index in [9.17, 15) is 9.90 Å². The van der Waals surface area contributed by atoms with Crippen LogP contribution < -0.4 is 4.72 Å². The highest BCUT2D eigenvalue weighted by Crippen LogP contribution is 2.21. The number of carbonyl (C=O) groups excluding carboxylic acids is 1. The third-order valence-corrected chi connectivity index (χ3v) is 4.59. The van der Waals surface area contributed by atoms with Gasteiger partial charge in [0, 0.05) is 42.3 Å². The Bertz CT molecular complexity index is 747. The number of rotatable bonds is 8. The number of nitrogens with one attached hydrogen (secondary N) is 1. The van der Waals surface area contributed by atoms with Gasteiger partial charge in [-0.25, -0.2) is 4.79 Å². The lowest BCUT2D eigenvalue weighted by atomic mass is 10.2. The second-order valence-electron chi connectivity index (χ2n) is 7.49. The Kier molecular flexibility index (Phi) is 7.89. The second-order valence-corrected chi connectivity index (χ2v) is 8.45. The van der Waals surface area contributed by atoms with Crippen LogP contribution in [0.5, 0.6) is 0 Å². The molecule has 2 rings (SSSR count). The molecule has 1 heterocycles. The highest BCUT2D eigenvalue weighted by molar-refractivity contribution is 7.97. The van der Waals surface area contributed by atoms with Gasteiger partial charge in [-0.05, 0) is 69.6 Å². The molecule has 0 aliphatic carbocycles. The summed E-state index contributed by atoms with van der Waals surface area (Å²) >= 11 is 1.53. The van der Waals surface area contributed by atoms with Crippen LogP contribution >= 0.6 is 11.9 Å². The van der Waals surface area contributed by atoms with Crippen LogP contribution in [0.4, 0.5) is 4.79 Å². The van der Waals surface area contributed by atoms with Crippen molar-refractivity contribution >= 4 is 28.8 Å². The van der Waals surface area contributed by atoms with E-state index in [2.05, 4.69) is 15.8 Å². The Hall–Kier alpha value is -1.83. The van der Waals surface area contributed by atoms with Gasteiger partial charge in [-0.15, -0.1) is 0 Å². The van der Waals surface area contributed by atoms with Crippen LogP contribution in [0, 0.1) is 0 Å². The minimum Gasteiger partial charge on any atom is -0.444 e. The molecule has 0 fully saturated rings. The molecular weight excluding hydrogens is 362 g/mol. The first-order valence-corrected chi connectivity index (χ1v) is 9.96. The number of benzene rings is 1. The Balaban J connectivity index is 1.86. The van der Waals surface area contributed by atoms with Gasteiger partial charge in [-0.3, -0.25) is 9.71 Å². The van der Waals surface area contributed by atoms with E-state index >= 15 is 0 Å². The first kappa shape index (κ1) is 21.5. The first-order valence-electron chi connectivity index (χ1n) is 9.14. The van der Waals surface area contributed by atoms with Gasteiger partial charge in [0.15, 0.2) is 0 Å². The second kappa shape index (κ2) is 9.92. The van der Waals surface area contributed by atoms with Crippen molar-refractivity contribution in [3.63, 3.8) is 0 Å². The van der Waals surface area contributed by atoms with Gasteiger partial charge >= 0.3 is 6.09 Å². The normalized spacial score (nSPS) is 12.8. The van der Waals surface area contributed by atoms with Crippen LogP contribution in [-0.4, -0.2) is 52.4 Å². The SMILES string of the molecule is C[C@H](O)CCN(CCNSc1ccc2cnccc2c1)C(=O)OC(C)(C)C. The van der Waals surface area contributed by atoms with Gasteiger partial charge in [-0.2, -0.15) is 0 Å². The van der Waals surface area contributed by atoms with Crippen molar-refractivity contribution in [3.8, 4) is 0 Å². The van der Waals surface area contributed by atoms with Crippen molar-refractivity contribution in [2.45, 2.75) is 50.7 Å². The van der Waals surface area contributed by atoms with Crippen molar-refractivity contribution in [1.82, 2.24) is 14.6 Å². The van der Waals surface area contributed by atoms with E-state index in [0.717, 1.165) is 15.7 Å². The smallest absolute Gasteiger partial charge is 0.410 e. The number of aliphatic hydroxyl groups excluding tert-OH is 1. The fourth-order valence-electron chi connectivity index (χ4n) is 2.40. The van der Waals surface area contributed by atoms with E-state index in [1.165, 1.54) is 11.9 Å². The zero-order chi connectivity index (χ0) is 19.9. The zero-order valence-corrected chi connectivity index (χ0v) is 17.3. The summed E-state index contributed by atoms with van der Waals surface area (Å²) in [6, 6.07) is 8.18. The monoisotopic (exact) mass is 391 g/mol. The maximum absolute atomic E-state index is 12.4. The van der Waals surface area contributed by atoms with Crippen molar-refractivity contribution in [1.29, 1.82) is 0 Å². The molecule has 6 nitrogen and oxygen atoms in total. The molecule has 1 amide bonds. The fourth-order valence-corrected chi connectivity index (χ4v) is 3.09. The average molecular weight is 392 g/mol. The molecule has 2 N–H and O–H groups in total. The lowest BCUT2D eigenvalue weighted by Crippen LogP contribution is -2.41. The van der Waals surface area contributed by atoms with E-state index in [-0.39, 0.29) is 6.09 Å². The zero-order valence-electron chi connectivity index (χ0n) is 16.4. The van der Waals surface area contributed by atoms with Gasteiger partial charge in [-0.1, -0.05) is 6.07 Å². The maximum atomic E-state index is 12.4. The molecule has 27 heavy (non-hydrogen) atoms. The summed E-state index contributed by atoms with van der Waals surface area (Å²) in [7, 11) is 0. The fraction of sp³-hybridized carbons (Fsp3) is 0.500. The number of pyridine rings is 1. The molecular formula is C20H29N3O3S. The summed E-state index contributed by atoms with van der Waals surface area (Å²) in [5.74, 6) is 0. The number of amides is 1. The van der Waals surface area contributed by atoms with E-state index in [0.29, 0.717) is 26.1 Å². The van der Waals surface area contributed by atoms with Crippen LogP contribution in [0.25, 0.3) is 10.8 Å². The molecule has 0 aliphatic rings. The predicted molar refractivity (Wildman–Crippen MR) is 110 cm³/mol. The highest BCUT2D eigenvalue weighted by Gasteiger charge is 2.22. The molecule has 1 aromatic carbocycles. The lowest BCUT2D eigenvalue weighted by molar-refractivity contribution is 0.0231. The number of ether oxygens (including phenoxy) is 1. The van der Waals surface area contributed by atoms with E-state index in [1.54, 1.807) is 18.0 Å². The third kappa shape index (κ3) is 7.74. The molecule has 148 valence electrons. The molecule has 0 unspecified atom stereocenters. The number of hydrogen-bond acceptors (Lipinski definition) is 6. The quantitative estimate of drug-likeness (QED) is 0.526. The molecule has 0 radical (unpaired) electrons. The summed E-state index contributed by atoms with van der Waals surface area (Å²) in [4.78, 5) is 19.2. The number of fused-ring (bicyclic) bond motifs is 1. The molecule has 0 aliphatic heterocycles. The minimum absolute atomic E-state index is 0.354. The van der Waals surface area contributed by atoms with E-state index < -0.39 is 11.7 Å². The molecule has 2 aromatic rings. The topological polar surface area (TPSA) is 74.7 Å². The maximum Gasteiger partial charge on any atom is 0.410 e. The van der Waals surface area contributed by atoms with Crippen LogP contribution in [0.15, 0.2) is 41.6 Å². The number of aliphatic hydroxyl groups is 1. The molecule has 0 spiro atoms. The largest absolute Gasteiger partial charge is 0.444 e. The van der Waals surface area contributed by atoms with Gasteiger partial charge in [0.1, 0.15) is 5.60 Å². The molecule has 7 heteroatoms. The number of carbonyl (C=O) groups is 1. The van der Waals surface area contributed by atoms with Gasteiger partial charge in [0.2, 0.25) is 0 Å². The van der Waals surface area contributed by atoms with Crippen LogP contribution in [0.2, 0.25) is 0 Å². The van der Waals surface area contributed by atoms with Crippen molar-refractivity contribution < 1.29 is 14.6 Å². The lowest BCUT2D eigenvalue weighted by Gasteiger charge is -2.27. The van der Waals surface area contributed by atoms with Gasteiger partial charge in [0.05, 0.1) is 6.10 Å². The van der Waals surface area contributed by atoms with Crippen molar-refractivity contribution in [2.24, 2.45) is 0 Å². The van der Waals surface area contributed by atoms with Crippen molar-refractivity contribution in [3.05, 3.63) is 36.7 Å². The summed E-state index contributed by atoms with van der Waals surface area (Å²) in [5, 5.41) is 11.8. The Labute approximate surface area is 165 Å². The van der Waals surface area contributed by atoms with Crippen LogP contribution in [0.1, 0.15) is 34.1 Å². The summed E-state index contributed by atoms with van der Waals surface area (Å²) < 4.78 is 8.75. The molecule has 1 atom stereocenters. The van der Waals surface area contributed by atoms with Crippen LogP contribution in [-0.2, 0) is 4.74 Å². The van der Waals surface area contributed by atoms with E-state index in [4.69, 9.17) is 4.74 Å². The van der Waals surface area contributed by atoms with Crippen LogP contribution in [0.3, 0.4) is 0 Å². The molecule has 1 aromatic heterocycles. The molecule has 0 bridgehead atoms. The Morgan fingerprint density at radius 3 is 2.78 bits per heavy atom. The molecule has 0 saturated heterocycles. The minimum atomic E-state index is -0.539. The molecule has 0 saturated carbocycles. The van der Waals surface area contributed by atoms with Crippen molar-refractivity contribution in [2.75, 3.05) is 19.6 Å². The summed E-state index contributed by atoms with van der Waals surface area (Å²) in [6.45, 7) is 8.84. The van der Waals surface area contributed by atoms with E-state index in [1.807, 2.05) is 45.2 Å². The predicted octanol–water partition coefficient (Wildman–Crippen LogP) is 3.84. The Morgan fingerprint density at radius 2 is 2.07 bits per heavy atom.